The Kier molecular flexibility index (Phi) is 3.39. The second-order valence-corrected chi connectivity index (χ2v) is 6.08. The minimum Gasteiger partial charge on any atom is -0.381 e. The van der Waals surface area contributed by atoms with Crippen molar-refractivity contribution in [1.29, 1.82) is 0 Å². The van der Waals surface area contributed by atoms with Crippen molar-refractivity contribution in [2.45, 2.75) is 23.4 Å². The van der Waals surface area contributed by atoms with Gasteiger partial charge in [-0.3, -0.25) is 0 Å². The average Bonchev–Trinajstić information content (AvgIpc) is 2.72. The first-order valence-corrected chi connectivity index (χ1v) is 7.04. The predicted octanol–water partition coefficient (Wildman–Crippen LogP) is 1.27. The molecule has 0 saturated heterocycles. The Balaban J connectivity index is 2.48. The third-order valence-corrected chi connectivity index (χ3v) is 4.16. The van der Waals surface area contributed by atoms with Crippen LogP contribution in [0.25, 0.3) is 0 Å². The number of rotatable bonds is 4. The lowest BCUT2D eigenvalue weighted by Gasteiger charge is -2.03. The maximum atomic E-state index is 12.3. The van der Waals surface area contributed by atoms with Crippen molar-refractivity contribution in [3.8, 4) is 0 Å². The fourth-order valence-electron chi connectivity index (χ4n) is 1.58. The van der Waals surface area contributed by atoms with Crippen LogP contribution in [0.1, 0.15) is 6.92 Å². The molecule has 0 radical (unpaired) electrons. The highest BCUT2D eigenvalue weighted by Crippen LogP contribution is 2.23. The van der Waals surface area contributed by atoms with E-state index in [1.165, 1.54) is 16.8 Å². The number of nitrogens with two attached hydrogens (primary N) is 1. The topological polar surface area (TPSA) is 90.9 Å². The zero-order valence-electron chi connectivity index (χ0n) is 10.4. The molecule has 1 heterocycles. The highest BCUT2D eigenvalue weighted by Gasteiger charge is 2.25. The van der Waals surface area contributed by atoms with Gasteiger partial charge in [0.2, 0.25) is 14.9 Å². The molecule has 0 aliphatic carbocycles. The molecule has 0 amide bonds. The van der Waals surface area contributed by atoms with E-state index in [-0.39, 0.29) is 15.7 Å². The van der Waals surface area contributed by atoms with Gasteiger partial charge in [-0.25, -0.2) is 13.1 Å². The van der Waals surface area contributed by atoms with Crippen LogP contribution in [0.4, 0.5) is 5.82 Å². The lowest BCUT2D eigenvalue weighted by atomic mass is 10.3. The van der Waals surface area contributed by atoms with Crippen molar-refractivity contribution >= 4 is 15.7 Å². The van der Waals surface area contributed by atoms with Gasteiger partial charge in [-0.1, -0.05) is 35.6 Å². The van der Waals surface area contributed by atoms with Crippen LogP contribution in [-0.4, -0.2) is 23.4 Å². The van der Waals surface area contributed by atoms with E-state index >= 15 is 0 Å². The summed E-state index contributed by atoms with van der Waals surface area (Å²) in [6.07, 6.45) is 0. The van der Waals surface area contributed by atoms with E-state index < -0.39 is 9.84 Å². The largest absolute Gasteiger partial charge is 0.381 e. The van der Waals surface area contributed by atoms with Gasteiger partial charge in [0.05, 0.1) is 11.4 Å². The van der Waals surface area contributed by atoms with Gasteiger partial charge in [-0.05, 0) is 19.1 Å². The van der Waals surface area contributed by atoms with Crippen LogP contribution in [-0.2, 0) is 16.4 Å². The van der Waals surface area contributed by atoms with Gasteiger partial charge in [-0.2, -0.15) is 0 Å². The lowest BCUT2D eigenvalue weighted by molar-refractivity contribution is 0.592. The summed E-state index contributed by atoms with van der Waals surface area (Å²) in [5, 5.41) is 7.20. The molecule has 0 spiro atoms. The second kappa shape index (κ2) is 4.85. The normalized spacial score (nSPS) is 11.4. The molecule has 2 rings (SSSR count). The average molecular weight is 278 g/mol. The molecule has 1 aromatic heterocycles. The number of nitrogens with zero attached hydrogens (tertiary/aromatic N) is 3. The van der Waals surface area contributed by atoms with Crippen LogP contribution in [0.15, 0.2) is 52.4 Å². The molecule has 2 N–H and O–H groups in total. The quantitative estimate of drug-likeness (QED) is 0.850. The van der Waals surface area contributed by atoms with Crippen molar-refractivity contribution in [1.82, 2.24) is 15.0 Å². The Hall–Kier alpha value is -2.15. The maximum absolute atomic E-state index is 12.3. The molecule has 0 aliphatic rings. The van der Waals surface area contributed by atoms with Crippen LogP contribution in [0, 0.1) is 0 Å². The van der Waals surface area contributed by atoms with Crippen LogP contribution in [0.5, 0.6) is 0 Å². The smallest absolute Gasteiger partial charge is 0.229 e. The van der Waals surface area contributed by atoms with Crippen molar-refractivity contribution in [3.63, 3.8) is 0 Å². The number of hydrogen-bond donors (Lipinski definition) is 1. The number of anilines is 1. The summed E-state index contributed by atoms with van der Waals surface area (Å²) < 4.78 is 26.0. The minimum absolute atomic E-state index is 0.0202. The van der Waals surface area contributed by atoms with Gasteiger partial charge in [0, 0.05) is 0 Å². The van der Waals surface area contributed by atoms with Gasteiger partial charge in [0.25, 0.3) is 0 Å². The SMILES string of the molecule is C=C(C)Cn1nnc(S(=O)(=O)c2ccccc2)c1N. The van der Waals surface area contributed by atoms with Crippen LogP contribution >= 0.6 is 0 Å². The Morgan fingerprint density at radius 3 is 2.58 bits per heavy atom. The van der Waals surface area contributed by atoms with E-state index in [2.05, 4.69) is 16.9 Å². The van der Waals surface area contributed by atoms with Crippen molar-refractivity contribution in [2.24, 2.45) is 0 Å². The summed E-state index contributed by atoms with van der Waals surface area (Å²) in [5.41, 5.74) is 6.60. The fourth-order valence-corrected chi connectivity index (χ4v) is 2.84. The first-order chi connectivity index (χ1) is 8.93. The standard InChI is InChI=1S/C12H14N4O2S/c1-9(2)8-16-11(13)12(14-15-16)19(17,18)10-6-4-3-5-7-10/h3-7H,1,8,13H2,2H3. The molecule has 19 heavy (non-hydrogen) atoms. The zero-order chi connectivity index (χ0) is 14.0. The molecule has 6 nitrogen and oxygen atoms in total. The summed E-state index contributed by atoms with van der Waals surface area (Å²) in [7, 11) is -3.73. The van der Waals surface area contributed by atoms with E-state index in [1.807, 2.05) is 0 Å². The summed E-state index contributed by atoms with van der Waals surface area (Å²) in [6.45, 7) is 5.86. The summed E-state index contributed by atoms with van der Waals surface area (Å²) in [6, 6.07) is 8.00. The molecule has 1 aromatic carbocycles. The Bertz CT molecular complexity index is 705. The third kappa shape index (κ3) is 2.50. The number of nitrogen functional groups attached to an aromatic ring is 1. The molecule has 0 aliphatic heterocycles. The molecule has 0 unspecified atom stereocenters. The molecular formula is C12H14N4O2S. The molecule has 0 atom stereocenters. The molecule has 7 heteroatoms. The number of sulfone groups is 1. The van der Waals surface area contributed by atoms with E-state index in [9.17, 15) is 8.42 Å². The van der Waals surface area contributed by atoms with Gasteiger partial charge >= 0.3 is 0 Å². The van der Waals surface area contributed by atoms with Crippen molar-refractivity contribution < 1.29 is 8.42 Å². The Morgan fingerprint density at radius 2 is 2.00 bits per heavy atom. The summed E-state index contributed by atoms with van der Waals surface area (Å²) in [4.78, 5) is 0.143. The van der Waals surface area contributed by atoms with Crippen molar-refractivity contribution in [3.05, 3.63) is 42.5 Å². The van der Waals surface area contributed by atoms with E-state index in [4.69, 9.17) is 5.73 Å². The van der Waals surface area contributed by atoms with Gasteiger partial charge in [0.15, 0.2) is 5.82 Å². The number of aromatic nitrogens is 3. The van der Waals surface area contributed by atoms with Crippen molar-refractivity contribution in [2.75, 3.05) is 5.73 Å². The third-order valence-electron chi connectivity index (χ3n) is 2.47. The van der Waals surface area contributed by atoms with Crippen LogP contribution < -0.4 is 5.73 Å². The minimum atomic E-state index is -3.73. The van der Waals surface area contributed by atoms with Gasteiger partial charge < -0.3 is 5.73 Å². The Morgan fingerprint density at radius 1 is 1.37 bits per heavy atom. The summed E-state index contributed by atoms with van der Waals surface area (Å²) in [5.74, 6) is 0.0202. The molecule has 2 aromatic rings. The molecular weight excluding hydrogens is 264 g/mol. The lowest BCUT2D eigenvalue weighted by Crippen LogP contribution is -2.09. The van der Waals surface area contributed by atoms with Gasteiger partial charge in [-0.15, -0.1) is 5.10 Å². The first kappa shape index (κ1) is 13.3. The monoisotopic (exact) mass is 278 g/mol. The molecule has 0 fully saturated rings. The summed E-state index contributed by atoms with van der Waals surface area (Å²) >= 11 is 0. The molecule has 0 bridgehead atoms. The van der Waals surface area contributed by atoms with Crippen LogP contribution in [0.3, 0.4) is 0 Å². The molecule has 100 valence electrons. The highest BCUT2D eigenvalue weighted by molar-refractivity contribution is 7.91. The highest BCUT2D eigenvalue weighted by atomic mass is 32.2. The number of hydrogen-bond acceptors (Lipinski definition) is 5. The zero-order valence-corrected chi connectivity index (χ0v) is 11.3. The number of benzene rings is 1. The van der Waals surface area contributed by atoms with Gasteiger partial charge in [0.1, 0.15) is 0 Å². The van der Waals surface area contributed by atoms with Crippen LogP contribution in [0.2, 0.25) is 0 Å². The van der Waals surface area contributed by atoms with E-state index in [0.717, 1.165) is 5.57 Å². The van der Waals surface area contributed by atoms with E-state index in [0.29, 0.717) is 6.54 Å². The maximum Gasteiger partial charge on any atom is 0.229 e. The Labute approximate surface area is 111 Å². The number of allylic oxidation sites excluding steroid dienone is 1. The van der Waals surface area contributed by atoms with E-state index in [1.54, 1.807) is 25.1 Å². The first-order valence-electron chi connectivity index (χ1n) is 5.56. The molecule has 0 saturated carbocycles. The second-order valence-electron chi connectivity index (χ2n) is 4.21. The fraction of sp³-hybridized carbons (Fsp3) is 0.167. The predicted molar refractivity (Wildman–Crippen MR) is 71.1 cm³/mol.